The standard InChI is InChI=1S/C9H9F3O2.C7H5F3O/c1-13-6-14-8-5-3-2-4-7(8)9(10,11)12;8-7(9,10)5-3-1-2-4-6(5)11/h2-5H,6H2,1H3;1-4,11H. The van der Waals surface area contributed by atoms with E-state index in [2.05, 4.69) is 4.74 Å². The molecule has 0 atom stereocenters. The zero-order chi connectivity index (χ0) is 19.1. The SMILES string of the molecule is COCOc1ccccc1C(F)(F)F.Oc1ccccc1C(F)(F)F. The van der Waals surface area contributed by atoms with Crippen LogP contribution in [0.25, 0.3) is 0 Å². The van der Waals surface area contributed by atoms with Crippen molar-refractivity contribution < 1.29 is 40.9 Å². The molecule has 0 aliphatic rings. The van der Waals surface area contributed by atoms with Gasteiger partial charge < -0.3 is 14.6 Å². The average Bonchev–Trinajstić information content (AvgIpc) is 2.52. The largest absolute Gasteiger partial charge is 0.507 e. The maximum Gasteiger partial charge on any atom is 0.419 e. The summed E-state index contributed by atoms with van der Waals surface area (Å²) < 4.78 is 82.0. The first-order valence-corrected chi connectivity index (χ1v) is 6.70. The van der Waals surface area contributed by atoms with Gasteiger partial charge >= 0.3 is 12.4 Å². The van der Waals surface area contributed by atoms with Crippen molar-refractivity contribution in [3.05, 3.63) is 59.7 Å². The topological polar surface area (TPSA) is 38.7 Å². The predicted octanol–water partition coefficient (Wildman–Crippen LogP) is 5.10. The smallest absolute Gasteiger partial charge is 0.419 e. The summed E-state index contributed by atoms with van der Waals surface area (Å²) >= 11 is 0. The molecule has 0 heterocycles. The van der Waals surface area contributed by atoms with Crippen LogP contribution in [-0.4, -0.2) is 19.0 Å². The van der Waals surface area contributed by atoms with Crippen LogP contribution < -0.4 is 4.74 Å². The Bertz CT molecular complexity index is 667. The van der Waals surface area contributed by atoms with E-state index in [9.17, 15) is 26.3 Å². The lowest BCUT2D eigenvalue weighted by atomic mass is 10.2. The van der Waals surface area contributed by atoms with Gasteiger partial charge in [0.05, 0.1) is 11.1 Å². The van der Waals surface area contributed by atoms with E-state index in [0.29, 0.717) is 0 Å². The predicted molar refractivity (Wildman–Crippen MR) is 77.1 cm³/mol. The van der Waals surface area contributed by atoms with Crippen LogP contribution in [0.1, 0.15) is 11.1 Å². The number of phenols is 1. The molecule has 25 heavy (non-hydrogen) atoms. The molecule has 0 spiro atoms. The number of para-hydroxylation sites is 2. The maximum atomic E-state index is 12.4. The summed E-state index contributed by atoms with van der Waals surface area (Å²) in [7, 11) is 1.34. The second-order valence-corrected chi connectivity index (χ2v) is 4.56. The third kappa shape index (κ3) is 6.54. The molecule has 1 N–H and O–H groups in total. The molecule has 0 saturated heterocycles. The van der Waals surface area contributed by atoms with Crippen LogP contribution in [0.2, 0.25) is 0 Å². The van der Waals surface area contributed by atoms with E-state index < -0.39 is 29.2 Å². The van der Waals surface area contributed by atoms with Crippen LogP contribution in [0.5, 0.6) is 11.5 Å². The number of halogens is 6. The summed E-state index contributed by atoms with van der Waals surface area (Å²) in [5, 5.41) is 8.73. The molecule has 0 unspecified atom stereocenters. The minimum Gasteiger partial charge on any atom is -0.507 e. The first-order valence-electron chi connectivity index (χ1n) is 6.70. The van der Waals surface area contributed by atoms with Crippen LogP contribution >= 0.6 is 0 Å². The molecule has 0 radical (unpaired) electrons. The molecule has 0 bridgehead atoms. The fourth-order valence-electron chi connectivity index (χ4n) is 1.66. The molecule has 3 nitrogen and oxygen atoms in total. The van der Waals surface area contributed by atoms with Gasteiger partial charge in [0.25, 0.3) is 0 Å². The Balaban J connectivity index is 0.000000257. The first kappa shape index (κ1) is 20.6. The Hall–Kier alpha value is -2.42. The normalized spacial score (nSPS) is 11.5. The van der Waals surface area contributed by atoms with Crippen molar-refractivity contribution in [2.45, 2.75) is 12.4 Å². The Kier molecular flexibility index (Phi) is 7.10. The van der Waals surface area contributed by atoms with Gasteiger partial charge in [-0.3, -0.25) is 0 Å². The molecule has 0 saturated carbocycles. The molecule has 0 fully saturated rings. The molecule has 0 aliphatic heterocycles. The highest BCUT2D eigenvalue weighted by atomic mass is 19.4. The van der Waals surface area contributed by atoms with Gasteiger partial charge in [0.15, 0.2) is 6.79 Å². The summed E-state index contributed by atoms with van der Waals surface area (Å²) in [6, 6.07) is 9.39. The van der Waals surface area contributed by atoms with Crippen molar-refractivity contribution in [2.75, 3.05) is 13.9 Å². The van der Waals surface area contributed by atoms with Crippen molar-refractivity contribution in [2.24, 2.45) is 0 Å². The number of ether oxygens (including phenoxy) is 2. The fourth-order valence-corrected chi connectivity index (χ4v) is 1.66. The molecule has 0 aliphatic carbocycles. The van der Waals surface area contributed by atoms with Gasteiger partial charge in [0.1, 0.15) is 11.5 Å². The number of rotatable bonds is 3. The van der Waals surface area contributed by atoms with E-state index >= 15 is 0 Å². The monoisotopic (exact) mass is 368 g/mol. The highest BCUT2D eigenvalue weighted by Crippen LogP contribution is 2.36. The van der Waals surface area contributed by atoms with Crippen LogP contribution in [0.15, 0.2) is 48.5 Å². The van der Waals surface area contributed by atoms with E-state index in [-0.39, 0.29) is 12.5 Å². The Morgan fingerprint density at radius 1 is 0.800 bits per heavy atom. The number of alkyl halides is 6. The summed E-state index contributed by atoms with van der Waals surface area (Å²) in [6.07, 6.45) is -8.87. The number of phenolic OH excluding ortho intramolecular Hbond substituents is 1. The van der Waals surface area contributed by atoms with E-state index in [1.54, 1.807) is 0 Å². The summed E-state index contributed by atoms with van der Waals surface area (Å²) in [5.41, 5.74) is -1.79. The number of aromatic hydroxyl groups is 1. The van der Waals surface area contributed by atoms with Gasteiger partial charge in [-0.1, -0.05) is 24.3 Å². The molecular weight excluding hydrogens is 354 g/mol. The minimum atomic E-state index is -4.47. The number of hydrogen-bond acceptors (Lipinski definition) is 3. The van der Waals surface area contributed by atoms with E-state index in [4.69, 9.17) is 9.84 Å². The summed E-state index contributed by atoms with van der Waals surface area (Å²) in [6.45, 7) is -0.201. The molecule has 9 heteroatoms. The quantitative estimate of drug-likeness (QED) is 0.605. The molecule has 138 valence electrons. The van der Waals surface area contributed by atoms with Gasteiger partial charge in [-0.2, -0.15) is 26.3 Å². The third-order valence-corrected chi connectivity index (χ3v) is 2.73. The molecular formula is C16H14F6O3. The van der Waals surface area contributed by atoms with Crippen LogP contribution in [0.3, 0.4) is 0 Å². The van der Waals surface area contributed by atoms with Crippen molar-refractivity contribution in [3.63, 3.8) is 0 Å². The maximum absolute atomic E-state index is 12.4. The second kappa shape index (κ2) is 8.61. The molecule has 0 amide bonds. The Morgan fingerprint density at radius 2 is 1.28 bits per heavy atom. The van der Waals surface area contributed by atoms with Crippen molar-refractivity contribution >= 4 is 0 Å². The van der Waals surface area contributed by atoms with Crippen molar-refractivity contribution in [1.82, 2.24) is 0 Å². The van der Waals surface area contributed by atoms with Crippen molar-refractivity contribution in [3.8, 4) is 11.5 Å². The lowest BCUT2D eigenvalue weighted by Gasteiger charge is -2.12. The zero-order valence-electron chi connectivity index (χ0n) is 12.9. The van der Waals surface area contributed by atoms with Crippen LogP contribution in [-0.2, 0) is 17.1 Å². The van der Waals surface area contributed by atoms with Gasteiger partial charge in [-0.05, 0) is 24.3 Å². The van der Waals surface area contributed by atoms with E-state index in [1.165, 1.54) is 37.4 Å². The molecule has 2 rings (SSSR count). The number of methoxy groups -OCH3 is 1. The Morgan fingerprint density at radius 3 is 1.72 bits per heavy atom. The van der Waals surface area contributed by atoms with E-state index in [1.807, 2.05) is 0 Å². The van der Waals surface area contributed by atoms with Gasteiger partial charge in [-0.15, -0.1) is 0 Å². The van der Waals surface area contributed by atoms with Gasteiger partial charge in [0.2, 0.25) is 0 Å². The third-order valence-electron chi connectivity index (χ3n) is 2.73. The van der Waals surface area contributed by atoms with Gasteiger partial charge in [0, 0.05) is 7.11 Å². The second-order valence-electron chi connectivity index (χ2n) is 4.56. The fraction of sp³-hybridized carbons (Fsp3) is 0.250. The first-order chi connectivity index (χ1) is 11.6. The summed E-state index contributed by atoms with van der Waals surface area (Å²) in [4.78, 5) is 0. The summed E-state index contributed by atoms with van der Waals surface area (Å²) in [5.74, 6) is -0.957. The van der Waals surface area contributed by atoms with Crippen molar-refractivity contribution in [1.29, 1.82) is 0 Å². The number of benzene rings is 2. The Labute approximate surface area is 139 Å². The zero-order valence-corrected chi connectivity index (χ0v) is 12.9. The average molecular weight is 368 g/mol. The number of hydrogen-bond donors (Lipinski definition) is 1. The minimum absolute atomic E-state index is 0.201. The molecule has 0 aromatic heterocycles. The molecule has 2 aromatic carbocycles. The molecule has 2 aromatic rings. The highest BCUT2D eigenvalue weighted by molar-refractivity contribution is 5.35. The highest BCUT2D eigenvalue weighted by Gasteiger charge is 2.34. The lowest BCUT2D eigenvalue weighted by molar-refractivity contribution is -0.140. The van der Waals surface area contributed by atoms with Gasteiger partial charge in [-0.25, -0.2) is 0 Å². The lowest BCUT2D eigenvalue weighted by Crippen LogP contribution is -2.09. The van der Waals surface area contributed by atoms with Crippen LogP contribution in [0, 0.1) is 0 Å². The van der Waals surface area contributed by atoms with E-state index in [0.717, 1.165) is 18.2 Å². The van der Waals surface area contributed by atoms with Crippen LogP contribution in [0.4, 0.5) is 26.3 Å².